The van der Waals surface area contributed by atoms with Gasteiger partial charge in [-0.3, -0.25) is 4.79 Å². The summed E-state index contributed by atoms with van der Waals surface area (Å²) in [4.78, 5) is 22.7. The van der Waals surface area contributed by atoms with Crippen molar-refractivity contribution in [3.8, 4) is 0 Å². The molecule has 3 heterocycles. The second-order valence-electron chi connectivity index (χ2n) is 7.17. The molecule has 3 aromatic heterocycles. The van der Waals surface area contributed by atoms with Crippen molar-refractivity contribution in [2.24, 2.45) is 5.92 Å². The number of nitrogens with zero attached hydrogens (tertiary/aromatic N) is 2. The minimum atomic E-state index is 0.0234. The predicted molar refractivity (Wildman–Crippen MR) is 101 cm³/mol. The van der Waals surface area contributed by atoms with E-state index < -0.39 is 0 Å². The minimum Gasteiger partial charge on any atom is -0.305 e. The average molecular weight is 354 g/mol. The smallest absolute Gasteiger partial charge is 0.260 e. The highest BCUT2D eigenvalue weighted by atomic mass is 32.1. The number of rotatable bonds is 4. The molecule has 0 unspecified atom stereocenters. The normalized spacial score (nSPS) is 17.0. The molecule has 130 valence electrons. The molecular weight excluding hydrogens is 330 g/mol. The molecule has 1 N–H and O–H groups in total. The molecule has 0 saturated carbocycles. The van der Waals surface area contributed by atoms with Crippen LogP contribution < -0.4 is 10.1 Å². The number of nitrogens with one attached hydrogen (secondary N) is 1. The molecule has 1 atom stereocenters. The molecule has 0 amide bonds. The van der Waals surface area contributed by atoms with E-state index in [1.54, 1.807) is 11.3 Å². The lowest BCUT2D eigenvalue weighted by Gasteiger charge is -2.17. The van der Waals surface area contributed by atoms with Gasteiger partial charge in [0.25, 0.3) is 5.56 Å². The van der Waals surface area contributed by atoms with Gasteiger partial charge < -0.3 is 4.98 Å². The van der Waals surface area contributed by atoms with Crippen LogP contribution >= 0.6 is 11.3 Å². The Bertz CT molecular complexity index is 955. The van der Waals surface area contributed by atoms with Crippen LogP contribution in [0.5, 0.6) is 0 Å². The maximum absolute atomic E-state index is 12.6. The van der Waals surface area contributed by atoms with Gasteiger partial charge in [-0.2, -0.15) is 4.57 Å². The Morgan fingerprint density at radius 1 is 1.36 bits per heavy atom. The van der Waals surface area contributed by atoms with E-state index in [0.29, 0.717) is 12.5 Å². The monoisotopic (exact) mass is 354 g/mol. The number of aromatic amines is 1. The molecule has 1 aliphatic rings. The third-order valence-electron chi connectivity index (χ3n) is 5.05. The molecule has 0 saturated heterocycles. The van der Waals surface area contributed by atoms with Crippen molar-refractivity contribution in [2.45, 2.75) is 52.5 Å². The van der Waals surface area contributed by atoms with Crippen molar-refractivity contribution >= 4 is 21.6 Å². The van der Waals surface area contributed by atoms with Gasteiger partial charge in [0.1, 0.15) is 4.83 Å². The van der Waals surface area contributed by atoms with Crippen LogP contribution in [-0.2, 0) is 25.8 Å². The van der Waals surface area contributed by atoms with Crippen molar-refractivity contribution < 1.29 is 4.57 Å². The van der Waals surface area contributed by atoms with Gasteiger partial charge >= 0.3 is 0 Å². The zero-order chi connectivity index (χ0) is 17.4. The fourth-order valence-electron chi connectivity index (χ4n) is 3.69. The largest absolute Gasteiger partial charge is 0.305 e. The summed E-state index contributed by atoms with van der Waals surface area (Å²) >= 11 is 1.71. The molecule has 1 aliphatic carbocycles. The van der Waals surface area contributed by atoms with Crippen LogP contribution in [0.4, 0.5) is 0 Å². The molecule has 5 heteroatoms. The van der Waals surface area contributed by atoms with Crippen LogP contribution in [0, 0.1) is 5.92 Å². The third-order valence-corrected chi connectivity index (χ3v) is 6.19. The number of aryl methyl sites for hydroxylation is 2. The Labute approximate surface area is 151 Å². The quantitative estimate of drug-likeness (QED) is 0.730. The van der Waals surface area contributed by atoms with Crippen molar-refractivity contribution in [2.75, 3.05) is 0 Å². The molecule has 0 bridgehead atoms. The molecule has 0 fully saturated rings. The standard InChI is InChI=1S/C20H23N3OS/c1-3-4-14-7-9-23(10-8-14)12-17-21-19(24)18-15-6-5-13(2)11-16(15)25-20(18)22-17/h7-10,13H,3-6,11-12H2,1-2H3/p+1/t13-/m0/s1. The van der Waals surface area contributed by atoms with E-state index >= 15 is 0 Å². The summed E-state index contributed by atoms with van der Waals surface area (Å²) in [6.07, 6.45) is 9.64. The van der Waals surface area contributed by atoms with Gasteiger partial charge in [-0.15, -0.1) is 11.3 Å². The first-order valence-corrected chi connectivity index (χ1v) is 9.97. The van der Waals surface area contributed by atoms with Gasteiger partial charge in [-0.05, 0) is 42.7 Å². The average Bonchev–Trinajstić information content (AvgIpc) is 2.94. The van der Waals surface area contributed by atoms with Crippen LogP contribution in [0.1, 0.15) is 48.5 Å². The van der Waals surface area contributed by atoms with E-state index in [1.807, 2.05) is 0 Å². The summed E-state index contributed by atoms with van der Waals surface area (Å²) in [6, 6.07) is 4.29. The van der Waals surface area contributed by atoms with E-state index in [1.165, 1.54) is 22.4 Å². The van der Waals surface area contributed by atoms with Crippen LogP contribution in [0.3, 0.4) is 0 Å². The van der Waals surface area contributed by atoms with Gasteiger partial charge in [0, 0.05) is 17.0 Å². The molecule has 0 aromatic carbocycles. The zero-order valence-corrected chi connectivity index (χ0v) is 15.7. The number of H-pyrrole nitrogens is 1. The highest BCUT2D eigenvalue weighted by molar-refractivity contribution is 7.18. The highest BCUT2D eigenvalue weighted by Gasteiger charge is 2.23. The molecule has 0 spiro atoms. The molecular formula is C20H24N3OS+. The molecule has 4 rings (SSSR count). The number of fused-ring (bicyclic) bond motifs is 3. The zero-order valence-electron chi connectivity index (χ0n) is 14.8. The van der Waals surface area contributed by atoms with Crippen LogP contribution in [0.2, 0.25) is 0 Å². The number of aromatic nitrogens is 3. The maximum Gasteiger partial charge on any atom is 0.260 e. The van der Waals surface area contributed by atoms with E-state index in [-0.39, 0.29) is 5.56 Å². The van der Waals surface area contributed by atoms with Crippen molar-refractivity contribution in [1.82, 2.24) is 9.97 Å². The summed E-state index contributed by atoms with van der Waals surface area (Å²) < 4.78 is 2.07. The number of hydrogen-bond acceptors (Lipinski definition) is 3. The lowest BCUT2D eigenvalue weighted by Crippen LogP contribution is -2.35. The Hall–Kier alpha value is -2.01. The highest BCUT2D eigenvalue weighted by Crippen LogP contribution is 2.35. The summed E-state index contributed by atoms with van der Waals surface area (Å²) in [5.41, 5.74) is 2.61. The maximum atomic E-state index is 12.6. The fourth-order valence-corrected chi connectivity index (χ4v) is 5.09. The number of thiophene rings is 1. The van der Waals surface area contributed by atoms with E-state index in [4.69, 9.17) is 4.98 Å². The summed E-state index contributed by atoms with van der Waals surface area (Å²) in [7, 11) is 0. The Morgan fingerprint density at radius 3 is 2.92 bits per heavy atom. The first-order chi connectivity index (χ1) is 12.1. The third kappa shape index (κ3) is 3.25. The first-order valence-electron chi connectivity index (χ1n) is 9.15. The summed E-state index contributed by atoms with van der Waals surface area (Å²) in [6.45, 7) is 5.07. The van der Waals surface area contributed by atoms with Gasteiger partial charge in [0.15, 0.2) is 18.2 Å². The topological polar surface area (TPSA) is 49.6 Å². The molecule has 0 radical (unpaired) electrons. The van der Waals surface area contributed by atoms with E-state index in [9.17, 15) is 4.79 Å². The number of hydrogen-bond donors (Lipinski definition) is 1. The molecule has 4 nitrogen and oxygen atoms in total. The summed E-state index contributed by atoms with van der Waals surface area (Å²) in [5.74, 6) is 1.44. The number of pyridine rings is 1. The Morgan fingerprint density at radius 2 is 2.16 bits per heavy atom. The van der Waals surface area contributed by atoms with Crippen LogP contribution in [0.25, 0.3) is 10.2 Å². The summed E-state index contributed by atoms with van der Waals surface area (Å²) in [5, 5.41) is 0.832. The second kappa shape index (κ2) is 6.71. The Kier molecular flexibility index (Phi) is 4.42. The lowest BCUT2D eigenvalue weighted by atomic mass is 9.89. The van der Waals surface area contributed by atoms with Gasteiger partial charge in [-0.1, -0.05) is 20.3 Å². The molecule has 3 aromatic rings. The van der Waals surface area contributed by atoms with Crippen molar-refractivity contribution in [3.05, 3.63) is 56.7 Å². The van der Waals surface area contributed by atoms with Crippen molar-refractivity contribution in [1.29, 1.82) is 0 Å². The van der Waals surface area contributed by atoms with Crippen LogP contribution in [0.15, 0.2) is 29.3 Å². The Balaban J connectivity index is 1.66. The lowest BCUT2D eigenvalue weighted by molar-refractivity contribution is -0.689. The van der Waals surface area contributed by atoms with E-state index in [0.717, 1.165) is 41.7 Å². The minimum absolute atomic E-state index is 0.0234. The first kappa shape index (κ1) is 16.5. The van der Waals surface area contributed by atoms with Gasteiger partial charge in [0.2, 0.25) is 6.54 Å². The predicted octanol–water partition coefficient (Wildman–Crippen LogP) is 3.40. The van der Waals surface area contributed by atoms with E-state index in [2.05, 4.69) is 47.9 Å². The van der Waals surface area contributed by atoms with Crippen molar-refractivity contribution in [3.63, 3.8) is 0 Å². The van der Waals surface area contributed by atoms with Gasteiger partial charge in [0.05, 0.1) is 5.39 Å². The SMILES string of the molecule is CCCc1cc[n+](Cc2nc3sc4c(c3c(=O)[nH]2)CC[C@H](C)C4)cc1. The fraction of sp³-hybridized carbons (Fsp3) is 0.450. The van der Waals surface area contributed by atoms with Crippen LogP contribution in [-0.4, -0.2) is 9.97 Å². The molecule has 0 aliphatic heterocycles. The second-order valence-corrected chi connectivity index (χ2v) is 8.26. The van der Waals surface area contributed by atoms with Gasteiger partial charge in [-0.25, -0.2) is 4.98 Å². The molecule has 25 heavy (non-hydrogen) atoms.